The van der Waals surface area contributed by atoms with E-state index in [0.717, 1.165) is 22.3 Å². The van der Waals surface area contributed by atoms with Gasteiger partial charge in [-0.2, -0.15) is 0 Å². The topological polar surface area (TPSA) is 75.6 Å². The van der Waals surface area contributed by atoms with Crippen LogP contribution in [-0.4, -0.2) is 23.8 Å². The molecule has 5 nitrogen and oxygen atoms in total. The van der Waals surface area contributed by atoms with Crippen molar-refractivity contribution in [2.75, 3.05) is 6.61 Å². The second kappa shape index (κ2) is 9.24. The van der Waals surface area contributed by atoms with Crippen molar-refractivity contribution in [3.63, 3.8) is 0 Å². The molecule has 0 fully saturated rings. The normalized spacial score (nSPS) is 12.9. The van der Waals surface area contributed by atoms with E-state index >= 15 is 0 Å². The maximum Gasteiger partial charge on any atom is 0.407 e. The molecule has 1 atom stereocenters. The number of carbonyl (C=O) groups excluding carboxylic acids is 1. The second-order valence-electron chi connectivity index (χ2n) is 8.24. The van der Waals surface area contributed by atoms with Crippen LogP contribution in [0.3, 0.4) is 0 Å². The number of aromatic carboxylic acids is 1. The van der Waals surface area contributed by atoms with E-state index in [-0.39, 0.29) is 18.1 Å². The van der Waals surface area contributed by atoms with Crippen LogP contribution in [0.1, 0.15) is 44.6 Å². The maximum absolute atomic E-state index is 12.9. The Morgan fingerprint density at radius 1 is 0.735 bits per heavy atom. The standard InChI is InChI=1S/C29H23NO4/c31-28(32)21-16-14-20(15-17-21)27(19-8-2-1-3-9-19)30-29(33)34-18-26-24-12-6-4-10-22(24)23-11-5-7-13-25(23)26/h1-17,26-27H,18H2,(H,30,33)(H,31,32). The van der Waals surface area contributed by atoms with Crippen molar-refractivity contribution in [2.45, 2.75) is 12.0 Å². The largest absolute Gasteiger partial charge is 0.478 e. The van der Waals surface area contributed by atoms with E-state index in [1.807, 2.05) is 54.6 Å². The average Bonchev–Trinajstić information content (AvgIpc) is 3.20. The van der Waals surface area contributed by atoms with Crippen LogP contribution in [0.5, 0.6) is 0 Å². The molecule has 0 radical (unpaired) electrons. The fourth-order valence-electron chi connectivity index (χ4n) is 4.58. The molecule has 0 spiro atoms. The fourth-order valence-corrected chi connectivity index (χ4v) is 4.58. The van der Waals surface area contributed by atoms with Crippen molar-refractivity contribution in [1.29, 1.82) is 0 Å². The third kappa shape index (κ3) is 4.16. The Morgan fingerprint density at radius 3 is 1.85 bits per heavy atom. The summed E-state index contributed by atoms with van der Waals surface area (Å²) < 4.78 is 5.73. The van der Waals surface area contributed by atoms with Gasteiger partial charge in [0.05, 0.1) is 11.6 Å². The van der Waals surface area contributed by atoms with Crippen LogP contribution in [0.2, 0.25) is 0 Å². The minimum atomic E-state index is -0.993. The minimum absolute atomic E-state index is 0.0248. The lowest BCUT2D eigenvalue weighted by molar-refractivity contribution is 0.0696. The molecule has 0 saturated carbocycles. The van der Waals surface area contributed by atoms with Crippen LogP contribution in [0.15, 0.2) is 103 Å². The summed E-state index contributed by atoms with van der Waals surface area (Å²) in [7, 11) is 0. The van der Waals surface area contributed by atoms with Gasteiger partial charge in [-0.15, -0.1) is 0 Å². The lowest BCUT2D eigenvalue weighted by Gasteiger charge is -2.21. The average molecular weight is 450 g/mol. The number of benzene rings is 4. The Balaban J connectivity index is 1.35. The summed E-state index contributed by atoms with van der Waals surface area (Å²) in [6.45, 7) is 0.222. The first-order chi connectivity index (χ1) is 16.6. The van der Waals surface area contributed by atoms with Gasteiger partial charge in [0.25, 0.3) is 0 Å². The van der Waals surface area contributed by atoms with Gasteiger partial charge in [0.15, 0.2) is 0 Å². The highest BCUT2D eigenvalue weighted by Crippen LogP contribution is 2.44. The van der Waals surface area contributed by atoms with Crippen molar-refractivity contribution >= 4 is 12.1 Å². The molecule has 4 aromatic rings. The second-order valence-corrected chi connectivity index (χ2v) is 8.24. The van der Waals surface area contributed by atoms with E-state index < -0.39 is 18.1 Å². The molecule has 34 heavy (non-hydrogen) atoms. The molecule has 0 aliphatic heterocycles. The maximum atomic E-state index is 12.9. The van der Waals surface area contributed by atoms with E-state index in [2.05, 4.69) is 29.6 Å². The van der Waals surface area contributed by atoms with Gasteiger partial charge in [0.2, 0.25) is 0 Å². The SMILES string of the molecule is O=C(NC(c1ccccc1)c1ccc(C(=O)O)cc1)OCC1c2ccccc2-c2ccccc21. The first-order valence-electron chi connectivity index (χ1n) is 11.1. The van der Waals surface area contributed by atoms with Gasteiger partial charge in [-0.1, -0.05) is 91.0 Å². The van der Waals surface area contributed by atoms with E-state index in [0.29, 0.717) is 0 Å². The Hall–Kier alpha value is -4.38. The lowest BCUT2D eigenvalue weighted by Crippen LogP contribution is -2.31. The van der Waals surface area contributed by atoms with Crippen LogP contribution in [0.4, 0.5) is 4.79 Å². The summed E-state index contributed by atoms with van der Waals surface area (Å²) in [6, 6.07) is 32.0. The number of carboxylic acids is 1. The molecule has 2 N–H and O–H groups in total. The Kier molecular flexibility index (Phi) is 5.83. The smallest absolute Gasteiger partial charge is 0.407 e. The number of hydrogen-bond donors (Lipinski definition) is 2. The summed E-state index contributed by atoms with van der Waals surface area (Å²) >= 11 is 0. The lowest BCUT2D eigenvalue weighted by atomic mass is 9.97. The fraction of sp³-hybridized carbons (Fsp3) is 0.103. The number of hydrogen-bond acceptors (Lipinski definition) is 3. The summed E-state index contributed by atoms with van der Waals surface area (Å²) in [5.41, 5.74) is 6.49. The Bertz CT molecular complexity index is 1290. The first kappa shape index (κ1) is 21.5. The van der Waals surface area contributed by atoms with E-state index in [4.69, 9.17) is 4.74 Å². The Morgan fingerprint density at radius 2 is 1.26 bits per heavy atom. The molecule has 0 aromatic heterocycles. The summed E-state index contributed by atoms with van der Waals surface area (Å²) in [6.07, 6.45) is -0.530. The van der Waals surface area contributed by atoms with Gasteiger partial charge in [0, 0.05) is 5.92 Å². The predicted molar refractivity (Wildman–Crippen MR) is 130 cm³/mol. The highest BCUT2D eigenvalue weighted by atomic mass is 16.5. The molecule has 5 heteroatoms. The zero-order chi connectivity index (χ0) is 23.5. The van der Waals surface area contributed by atoms with Crippen LogP contribution >= 0.6 is 0 Å². The molecule has 0 heterocycles. The van der Waals surface area contributed by atoms with Crippen LogP contribution in [-0.2, 0) is 4.74 Å². The molecule has 1 aliphatic carbocycles. The number of rotatable bonds is 6. The van der Waals surface area contributed by atoms with Gasteiger partial charge in [-0.25, -0.2) is 9.59 Å². The number of carboxylic acid groups (broad SMARTS) is 1. The van der Waals surface area contributed by atoms with Gasteiger partial charge in [0.1, 0.15) is 6.61 Å². The molecule has 1 amide bonds. The van der Waals surface area contributed by atoms with Gasteiger partial charge >= 0.3 is 12.1 Å². The van der Waals surface area contributed by atoms with E-state index in [9.17, 15) is 14.7 Å². The predicted octanol–water partition coefficient (Wildman–Crippen LogP) is 6.01. The summed E-state index contributed by atoms with van der Waals surface area (Å²) in [5, 5.41) is 12.2. The molecule has 5 rings (SSSR count). The minimum Gasteiger partial charge on any atom is -0.478 e. The van der Waals surface area contributed by atoms with Crippen LogP contribution in [0, 0.1) is 0 Å². The number of nitrogens with one attached hydrogen (secondary N) is 1. The number of amides is 1. The van der Waals surface area contributed by atoms with Crippen molar-refractivity contribution in [3.05, 3.63) is 131 Å². The molecule has 0 saturated heterocycles. The van der Waals surface area contributed by atoms with Crippen LogP contribution in [0.25, 0.3) is 11.1 Å². The van der Waals surface area contributed by atoms with Crippen molar-refractivity contribution in [1.82, 2.24) is 5.32 Å². The summed E-state index contributed by atoms with van der Waals surface area (Å²) in [5.74, 6) is -1.02. The number of carbonyl (C=O) groups is 2. The quantitative estimate of drug-likeness (QED) is 0.378. The molecular weight excluding hydrogens is 426 g/mol. The van der Waals surface area contributed by atoms with E-state index in [1.165, 1.54) is 23.3 Å². The molecule has 168 valence electrons. The highest BCUT2D eigenvalue weighted by molar-refractivity contribution is 5.87. The molecule has 1 aliphatic rings. The number of fused-ring (bicyclic) bond motifs is 3. The Labute approximate surface area is 197 Å². The summed E-state index contributed by atoms with van der Waals surface area (Å²) in [4.78, 5) is 24.2. The van der Waals surface area contributed by atoms with Crippen molar-refractivity contribution < 1.29 is 19.4 Å². The molecule has 1 unspecified atom stereocenters. The first-order valence-corrected chi connectivity index (χ1v) is 11.1. The third-order valence-corrected chi connectivity index (χ3v) is 6.23. The van der Waals surface area contributed by atoms with E-state index in [1.54, 1.807) is 12.1 Å². The molecule has 0 bridgehead atoms. The molecule has 4 aromatic carbocycles. The number of ether oxygens (including phenoxy) is 1. The third-order valence-electron chi connectivity index (χ3n) is 6.23. The zero-order valence-corrected chi connectivity index (χ0v) is 18.3. The van der Waals surface area contributed by atoms with Crippen molar-refractivity contribution in [2.24, 2.45) is 0 Å². The number of alkyl carbamates (subject to hydrolysis) is 1. The van der Waals surface area contributed by atoms with Gasteiger partial charge in [-0.3, -0.25) is 0 Å². The van der Waals surface area contributed by atoms with Gasteiger partial charge < -0.3 is 15.2 Å². The van der Waals surface area contributed by atoms with Crippen molar-refractivity contribution in [3.8, 4) is 11.1 Å². The zero-order valence-electron chi connectivity index (χ0n) is 18.3. The monoisotopic (exact) mass is 449 g/mol. The molecular formula is C29H23NO4. The highest BCUT2D eigenvalue weighted by Gasteiger charge is 2.29. The van der Waals surface area contributed by atoms with Gasteiger partial charge in [-0.05, 0) is 45.5 Å². The van der Waals surface area contributed by atoms with Crippen LogP contribution < -0.4 is 5.32 Å².